The summed E-state index contributed by atoms with van der Waals surface area (Å²) < 4.78 is 31.9. The lowest BCUT2D eigenvalue weighted by molar-refractivity contribution is -0.138. The van der Waals surface area contributed by atoms with Crippen LogP contribution in [0.4, 0.5) is 0 Å². The average molecular weight is 440 g/mol. The van der Waals surface area contributed by atoms with E-state index in [2.05, 4.69) is 0 Å². The SMILES string of the molecule is CCOC(=O)c1oc2ccccc2c1COC(=O)/C=C/c1cc(OC)c(OC)c(OC)c1. The lowest BCUT2D eigenvalue weighted by Gasteiger charge is -2.12. The first kappa shape index (κ1) is 22.7. The van der Waals surface area contributed by atoms with E-state index in [1.165, 1.54) is 27.4 Å². The van der Waals surface area contributed by atoms with E-state index in [9.17, 15) is 9.59 Å². The Morgan fingerprint density at radius 2 is 1.66 bits per heavy atom. The summed E-state index contributed by atoms with van der Waals surface area (Å²) >= 11 is 0. The fraction of sp³-hybridized carbons (Fsp3) is 0.250. The third-order valence-electron chi connectivity index (χ3n) is 4.62. The molecule has 2 aromatic carbocycles. The summed E-state index contributed by atoms with van der Waals surface area (Å²) in [6.45, 7) is 1.75. The molecule has 32 heavy (non-hydrogen) atoms. The molecule has 0 unspecified atom stereocenters. The minimum absolute atomic E-state index is 0.0226. The second kappa shape index (κ2) is 10.4. The Labute approximate surface area is 185 Å². The van der Waals surface area contributed by atoms with Gasteiger partial charge in [0.25, 0.3) is 0 Å². The summed E-state index contributed by atoms with van der Waals surface area (Å²) in [6.07, 6.45) is 2.83. The second-order valence-corrected chi connectivity index (χ2v) is 6.53. The van der Waals surface area contributed by atoms with Crippen molar-refractivity contribution in [3.8, 4) is 17.2 Å². The maximum absolute atomic E-state index is 12.3. The number of fused-ring (bicyclic) bond motifs is 1. The minimum Gasteiger partial charge on any atom is -0.493 e. The largest absolute Gasteiger partial charge is 0.493 e. The van der Waals surface area contributed by atoms with Gasteiger partial charge in [-0.15, -0.1) is 0 Å². The van der Waals surface area contributed by atoms with Crippen molar-refractivity contribution < 1.29 is 37.7 Å². The van der Waals surface area contributed by atoms with Gasteiger partial charge in [-0.3, -0.25) is 0 Å². The summed E-state index contributed by atoms with van der Waals surface area (Å²) in [5, 5.41) is 0.678. The van der Waals surface area contributed by atoms with E-state index >= 15 is 0 Å². The second-order valence-electron chi connectivity index (χ2n) is 6.53. The number of ether oxygens (including phenoxy) is 5. The molecule has 0 fully saturated rings. The zero-order valence-corrected chi connectivity index (χ0v) is 18.3. The Morgan fingerprint density at radius 1 is 0.969 bits per heavy atom. The number of methoxy groups -OCH3 is 3. The first-order valence-corrected chi connectivity index (χ1v) is 9.84. The molecule has 0 bridgehead atoms. The highest BCUT2D eigenvalue weighted by molar-refractivity contribution is 5.96. The summed E-state index contributed by atoms with van der Waals surface area (Å²) in [4.78, 5) is 24.6. The van der Waals surface area contributed by atoms with Crippen LogP contribution in [0, 0.1) is 0 Å². The van der Waals surface area contributed by atoms with Crippen LogP contribution in [0.15, 0.2) is 46.9 Å². The van der Waals surface area contributed by atoms with Gasteiger partial charge in [-0.25, -0.2) is 9.59 Å². The normalized spacial score (nSPS) is 10.9. The number of carbonyl (C=O) groups excluding carboxylic acids is 2. The molecule has 1 aromatic heterocycles. The van der Waals surface area contributed by atoms with Crippen LogP contribution < -0.4 is 14.2 Å². The molecule has 0 amide bonds. The van der Waals surface area contributed by atoms with Gasteiger partial charge in [0.05, 0.1) is 33.5 Å². The number of para-hydroxylation sites is 1. The maximum Gasteiger partial charge on any atom is 0.374 e. The summed E-state index contributed by atoms with van der Waals surface area (Å²) in [6, 6.07) is 10.5. The lowest BCUT2D eigenvalue weighted by atomic mass is 10.1. The van der Waals surface area contributed by atoms with Crippen LogP contribution >= 0.6 is 0 Å². The highest BCUT2D eigenvalue weighted by Crippen LogP contribution is 2.38. The molecule has 0 saturated heterocycles. The van der Waals surface area contributed by atoms with Crippen LogP contribution in [-0.2, 0) is 20.9 Å². The third kappa shape index (κ3) is 4.85. The first-order chi connectivity index (χ1) is 15.5. The van der Waals surface area contributed by atoms with Crippen molar-refractivity contribution >= 4 is 29.0 Å². The summed E-state index contributed by atoms with van der Waals surface area (Å²) in [5.41, 5.74) is 1.61. The molecule has 0 aliphatic rings. The predicted octanol–water partition coefficient (Wildman–Crippen LogP) is 4.39. The van der Waals surface area contributed by atoms with Crippen molar-refractivity contribution in [2.24, 2.45) is 0 Å². The quantitative estimate of drug-likeness (QED) is 0.357. The van der Waals surface area contributed by atoms with E-state index in [1.807, 2.05) is 6.07 Å². The molecule has 0 aliphatic heterocycles. The van der Waals surface area contributed by atoms with E-state index in [0.29, 0.717) is 39.3 Å². The molecule has 0 atom stereocenters. The molecule has 8 nitrogen and oxygen atoms in total. The topological polar surface area (TPSA) is 93.4 Å². The van der Waals surface area contributed by atoms with E-state index < -0.39 is 11.9 Å². The molecule has 168 valence electrons. The van der Waals surface area contributed by atoms with Gasteiger partial charge in [0.15, 0.2) is 11.5 Å². The molecule has 0 N–H and O–H groups in total. The van der Waals surface area contributed by atoms with Crippen LogP contribution in [0.2, 0.25) is 0 Å². The van der Waals surface area contributed by atoms with Gasteiger partial charge < -0.3 is 28.1 Å². The number of benzene rings is 2. The van der Waals surface area contributed by atoms with Crippen molar-refractivity contribution in [2.75, 3.05) is 27.9 Å². The Morgan fingerprint density at radius 3 is 2.28 bits per heavy atom. The fourth-order valence-electron chi connectivity index (χ4n) is 3.16. The van der Waals surface area contributed by atoms with Gasteiger partial charge in [-0.05, 0) is 36.8 Å². The molecule has 3 rings (SSSR count). The maximum atomic E-state index is 12.3. The van der Waals surface area contributed by atoms with Crippen LogP contribution in [0.1, 0.15) is 28.6 Å². The molecule has 1 heterocycles. The molecule has 8 heteroatoms. The molecular formula is C24H24O8. The van der Waals surface area contributed by atoms with Crippen molar-refractivity contribution in [1.82, 2.24) is 0 Å². The molecule has 0 aliphatic carbocycles. The Hall–Kier alpha value is -3.94. The standard InChI is InChI=1S/C24H24O8/c1-5-30-24(26)22-17(16-8-6-7-9-18(16)32-22)14-31-21(25)11-10-15-12-19(27-2)23(29-4)20(13-15)28-3/h6-13H,5,14H2,1-4H3/b11-10+. The average Bonchev–Trinajstić information content (AvgIpc) is 3.19. The predicted molar refractivity (Wildman–Crippen MR) is 117 cm³/mol. The summed E-state index contributed by atoms with van der Waals surface area (Å²) in [7, 11) is 4.53. The van der Waals surface area contributed by atoms with E-state index in [0.717, 1.165) is 0 Å². The van der Waals surface area contributed by atoms with Crippen LogP contribution in [-0.4, -0.2) is 39.9 Å². The summed E-state index contributed by atoms with van der Waals surface area (Å²) in [5.74, 6) is 0.191. The fourth-order valence-corrected chi connectivity index (χ4v) is 3.16. The number of furan rings is 1. The Kier molecular flexibility index (Phi) is 7.38. The molecular weight excluding hydrogens is 416 g/mol. The van der Waals surface area contributed by atoms with E-state index in [-0.39, 0.29) is 19.0 Å². The van der Waals surface area contributed by atoms with Crippen molar-refractivity contribution in [3.63, 3.8) is 0 Å². The van der Waals surface area contributed by atoms with Gasteiger partial charge in [0.1, 0.15) is 12.2 Å². The Balaban J connectivity index is 1.78. The minimum atomic E-state index is -0.609. The van der Waals surface area contributed by atoms with Crippen LogP contribution in [0.25, 0.3) is 17.0 Å². The zero-order chi connectivity index (χ0) is 23.1. The monoisotopic (exact) mass is 440 g/mol. The number of esters is 2. The van der Waals surface area contributed by atoms with Crippen LogP contribution in [0.3, 0.4) is 0 Å². The smallest absolute Gasteiger partial charge is 0.374 e. The van der Waals surface area contributed by atoms with E-state index in [1.54, 1.807) is 43.3 Å². The highest BCUT2D eigenvalue weighted by Gasteiger charge is 2.22. The van der Waals surface area contributed by atoms with Gasteiger partial charge in [0.2, 0.25) is 11.5 Å². The third-order valence-corrected chi connectivity index (χ3v) is 4.62. The van der Waals surface area contributed by atoms with Gasteiger partial charge in [-0.2, -0.15) is 0 Å². The van der Waals surface area contributed by atoms with Gasteiger partial charge in [-0.1, -0.05) is 18.2 Å². The number of carbonyl (C=O) groups is 2. The molecule has 0 spiro atoms. The van der Waals surface area contributed by atoms with E-state index in [4.69, 9.17) is 28.1 Å². The highest BCUT2D eigenvalue weighted by atomic mass is 16.6. The molecule has 0 saturated carbocycles. The number of rotatable bonds is 9. The van der Waals surface area contributed by atoms with Crippen molar-refractivity contribution in [2.45, 2.75) is 13.5 Å². The number of hydrogen-bond donors (Lipinski definition) is 0. The first-order valence-electron chi connectivity index (χ1n) is 9.84. The Bertz CT molecular complexity index is 1120. The molecule has 0 radical (unpaired) electrons. The molecule has 3 aromatic rings. The van der Waals surface area contributed by atoms with Crippen LogP contribution in [0.5, 0.6) is 17.2 Å². The van der Waals surface area contributed by atoms with Gasteiger partial charge in [0, 0.05) is 11.5 Å². The number of hydrogen-bond acceptors (Lipinski definition) is 8. The van der Waals surface area contributed by atoms with Crippen molar-refractivity contribution in [1.29, 1.82) is 0 Å². The zero-order valence-electron chi connectivity index (χ0n) is 18.3. The lowest BCUT2D eigenvalue weighted by Crippen LogP contribution is -2.08. The van der Waals surface area contributed by atoms with Gasteiger partial charge >= 0.3 is 11.9 Å². The van der Waals surface area contributed by atoms with Crippen molar-refractivity contribution in [3.05, 3.63) is 59.4 Å².